The average molecular weight is 479 g/mol. The highest BCUT2D eigenvalue weighted by molar-refractivity contribution is 6.30. The summed E-state index contributed by atoms with van der Waals surface area (Å²) in [5.41, 5.74) is 2.31. The number of imidazole rings is 1. The molecular formula is C25H23ClN4O4. The second-order valence-electron chi connectivity index (χ2n) is 7.41. The zero-order valence-corrected chi connectivity index (χ0v) is 19.2. The van der Waals surface area contributed by atoms with Crippen molar-refractivity contribution in [1.82, 2.24) is 14.5 Å². The number of amides is 2. The van der Waals surface area contributed by atoms with E-state index in [-0.39, 0.29) is 25.5 Å². The number of rotatable bonds is 9. The summed E-state index contributed by atoms with van der Waals surface area (Å²) < 4.78 is 12.0. The minimum Gasteiger partial charge on any atom is -0.459 e. The van der Waals surface area contributed by atoms with Crippen LogP contribution in [0.1, 0.15) is 10.6 Å². The van der Waals surface area contributed by atoms with Gasteiger partial charge >= 0.3 is 0 Å². The Morgan fingerprint density at radius 1 is 1.12 bits per heavy atom. The van der Waals surface area contributed by atoms with Crippen molar-refractivity contribution in [2.75, 3.05) is 32.1 Å². The normalized spacial score (nSPS) is 10.8. The maximum atomic E-state index is 13.0. The largest absolute Gasteiger partial charge is 0.459 e. The van der Waals surface area contributed by atoms with Gasteiger partial charge in [-0.15, -0.1) is 0 Å². The van der Waals surface area contributed by atoms with E-state index in [4.69, 9.17) is 20.8 Å². The fourth-order valence-electron chi connectivity index (χ4n) is 3.39. The molecule has 0 bridgehead atoms. The zero-order chi connectivity index (χ0) is 23.9. The number of anilines is 1. The minimum atomic E-state index is -0.413. The third kappa shape index (κ3) is 5.54. The summed E-state index contributed by atoms with van der Waals surface area (Å²) >= 11 is 6.19. The number of aromatic nitrogens is 2. The summed E-state index contributed by atoms with van der Waals surface area (Å²) in [6.07, 6.45) is 3.24. The highest BCUT2D eigenvalue weighted by atomic mass is 35.5. The third-order valence-electron chi connectivity index (χ3n) is 5.03. The highest BCUT2D eigenvalue weighted by Gasteiger charge is 2.22. The number of carbonyl (C=O) groups is 2. The van der Waals surface area contributed by atoms with E-state index in [1.54, 1.807) is 28.8 Å². The number of methoxy groups -OCH3 is 1. The Morgan fingerprint density at radius 2 is 1.94 bits per heavy atom. The molecule has 0 atom stereocenters. The molecule has 2 heterocycles. The quantitative estimate of drug-likeness (QED) is 0.382. The number of halogens is 1. The highest BCUT2D eigenvalue weighted by Crippen LogP contribution is 2.25. The molecule has 0 fully saturated rings. The Labute approximate surface area is 201 Å². The van der Waals surface area contributed by atoms with Crippen LogP contribution in [-0.4, -0.2) is 53.1 Å². The number of hydrogen-bond donors (Lipinski definition) is 1. The lowest BCUT2D eigenvalue weighted by Gasteiger charge is -2.20. The van der Waals surface area contributed by atoms with Crippen LogP contribution in [0.15, 0.2) is 83.6 Å². The molecule has 1 N–H and O–H groups in total. The lowest BCUT2D eigenvalue weighted by molar-refractivity contribution is -0.117. The first-order chi connectivity index (χ1) is 16.5. The van der Waals surface area contributed by atoms with Gasteiger partial charge in [0.25, 0.3) is 5.91 Å². The van der Waals surface area contributed by atoms with Gasteiger partial charge in [0.2, 0.25) is 11.9 Å². The molecule has 8 nitrogen and oxygen atoms in total. The molecule has 34 heavy (non-hydrogen) atoms. The molecule has 2 aromatic carbocycles. The molecule has 4 aromatic rings. The average Bonchev–Trinajstić information content (AvgIpc) is 3.52. The fourth-order valence-corrected chi connectivity index (χ4v) is 3.57. The van der Waals surface area contributed by atoms with Crippen molar-refractivity contribution in [1.29, 1.82) is 0 Å². The number of carbonyl (C=O) groups excluding carboxylic acids is 2. The second kappa shape index (κ2) is 10.8. The standard InChI is InChI=1S/C25H23ClN4O4/c1-33-14-12-29(24(32)22-11-6-13-34-22)17-23(31)28-25-27-21(18-7-3-2-4-8-18)16-30(25)20-10-5-9-19(26)15-20/h2-11,13,15-16H,12,14,17H2,1H3,(H,27,28,31). The first-order valence-electron chi connectivity index (χ1n) is 10.6. The number of furan rings is 1. The summed E-state index contributed by atoms with van der Waals surface area (Å²) in [5.74, 6) is -0.358. The summed E-state index contributed by atoms with van der Waals surface area (Å²) in [6.45, 7) is 0.294. The molecule has 0 saturated carbocycles. The molecular weight excluding hydrogens is 456 g/mol. The van der Waals surface area contributed by atoms with Gasteiger partial charge in [0, 0.05) is 36.1 Å². The summed E-state index contributed by atoms with van der Waals surface area (Å²) in [7, 11) is 1.53. The van der Waals surface area contributed by atoms with Crippen LogP contribution in [0, 0.1) is 0 Å². The molecule has 0 radical (unpaired) electrons. The van der Waals surface area contributed by atoms with Gasteiger partial charge in [-0.2, -0.15) is 0 Å². The van der Waals surface area contributed by atoms with Gasteiger partial charge < -0.3 is 14.1 Å². The third-order valence-corrected chi connectivity index (χ3v) is 5.27. The first-order valence-corrected chi connectivity index (χ1v) is 11.0. The predicted molar refractivity (Wildman–Crippen MR) is 129 cm³/mol. The maximum absolute atomic E-state index is 13.0. The van der Waals surface area contributed by atoms with E-state index < -0.39 is 11.8 Å². The Kier molecular flexibility index (Phi) is 7.41. The van der Waals surface area contributed by atoms with Gasteiger partial charge in [-0.25, -0.2) is 4.98 Å². The van der Waals surface area contributed by atoms with Gasteiger partial charge in [-0.05, 0) is 30.3 Å². The maximum Gasteiger partial charge on any atom is 0.290 e. The van der Waals surface area contributed by atoms with Crippen LogP contribution in [0.2, 0.25) is 5.02 Å². The van der Waals surface area contributed by atoms with E-state index in [1.807, 2.05) is 48.7 Å². The molecule has 9 heteroatoms. The number of hydrogen-bond acceptors (Lipinski definition) is 5. The topological polar surface area (TPSA) is 89.6 Å². The lowest BCUT2D eigenvalue weighted by atomic mass is 10.2. The van der Waals surface area contributed by atoms with E-state index in [2.05, 4.69) is 10.3 Å². The smallest absolute Gasteiger partial charge is 0.290 e. The number of ether oxygens (including phenoxy) is 1. The van der Waals surface area contributed by atoms with Crippen LogP contribution in [-0.2, 0) is 9.53 Å². The Morgan fingerprint density at radius 3 is 2.65 bits per heavy atom. The van der Waals surface area contributed by atoms with Crippen LogP contribution >= 0.6 is 11.6 Å². The summed E-state index contributed by atoms with van der Waals surface area (Å²) in [4.78, 5) is 31.8. The monoisotopic (exact) mass is 478 g/mol. The first kappa shape index (κ1) is 23.3. The Bertz CT molecular complexity index is 1260. The van der Waals surface area contributed by atoms with Gasteiger partial charge in [0.1, 0.15) is 6.54 Å². The van der Waals surface area contributed by atoms with Gasteiger partial charge in [0.15, 0.2) is 5.76 Å². The Hall–Kier alpha value is -3.88. The van der Waals surface area contributed by atoms with Crippen LogP contribution < -0.4 is 5.32 Å². The van der Waals surface area contributed by atoms with Crippen LogP contribution in [0.3, 0.4) is 0 Å². The van der Waals surface area contributed by atoms with Crippen molar-refractivity contribution < 1.29 is 18.7 Å². The molecule has 0 spiro atoms. The molecule has 2 amide bonds. The van der Waals surface area contributed by atoms with Crippen LogP contribution in [0.4, 0.5) is 5.95 Å². The minimum absolute atomic E-state index is 0.149. The lowest BCUT2D eigenvalue weighted by Crippen LogP contribution is -2.40. The SMILES string of the molecule is COCCN(CC(=O)Nc1nc(-c2ccccc2)cn1-c1cccc(Cl)c1)C(=O)c1ccco1. The van der Waals surface area contributed by atoms with Gasteiger partial charge in [-0.1, -0.05) is 48.0 Å². The van der Waals surface area contributed by atoms with Crippen molar-refractivity contribution in [2.45, 2.75) is 0 Å². The van der Waals surface area contributed by atoms with Gasteiger partial charge in [0.05, 0.1) is 18.6 Å². The molecule has 4 rings (SSSR count). The number of nitrogens with zero attached hydrogens (tertiary/aromatic N) is 3. The van der Waals surface area contributed by atoms with Crippen LogP contribution in [0.5, 0.6) is 0 Å². The fraction of sp³-hybridized carbons (Fsp3) is 0.160. The van der Waals surface area contributed by atoms with E-state index in [9.17, 15) is 9.59 Å². The Balaban J connectivity index is 1.60. The van der Waals surface area contributed by atoms with Crippen molar-refractivity contribution >= 4 is 29.4 Å². The number of benzene rings is 2. The van der Waals surface area contributed by atoms with E-state index >= 15 is 0 Å². The van der Waals surface area contributed by atoms with Crippen molar-refractivity contribution in [3.63, 3.8) is 0 Å². The van der Waals surface area contributed by atoms with E-state index in [0.717, 1.165) is 11.3 Å². The van der Waals surface area contributed by atoms with E-state index in [0.29, 0.717) is 16.7 Å². The molecule has 0 aliphatic heterocycles. The summed E-state index contributed by atoms with van der Waals surface area (Å²) in [6, 6.07) is 20.0. The van der Waals surface area contributed by atoms with Gasteiger partial charge in [-0.3, -0.25) is 19.5 Å². The van der Waals surface area contributed by atoms with Crippen molar-refractivity contribution in [2.24, 2.45) is 0 Å². The molecule has 0 aliphatic carbocycles. The van der Waals surface area contributed by atoms with Crippen molar-refractivity contribution in [3.05, 3.63) is 90.0 Å². The zero-order valence-electron chi connectivity index (χ0n) is 18.5. The van der Waals surface area contributed by atoms with Crippen LogP contribution in [0.25, 0.3) is 16.9 Å². The number of nitrogens with one attached hydrogen (secondary N) is 1. The molecule has 0 aliphatic rings. The second-order valence-corrected chi connectivity index (χ2v) is 7.85. The summed E-state index contributed by atoms with van der Waals surface area (Å²) in [5, 5.41) is 3.39. The molecule has 174 valence electrons. The van der Waals surface area contributed by atoms with E-state index in [1.165, 1.54) is 18.3 Å². The molecule has 0 unspecified atom stereocenters. The molecule has 2 aromatic heterocycles. The van der Waals surface area contributed by atoms with Crippen molar-refractivity contribution in [3.8, 4) is 16.9 Å². The molecule has 0 saturated heterocycles. The predicted octanol–water partition coefficient (Wildman–Crippen LogP) is 4.51.